The zero-order valence-electron chi connectivity index (χ0n) is 7.11. The van der Waals surface area contributed by atoms with E-state index in [2.05, 4.69) is 15.3 Å². The highest BCUT2D eigenvalue weighted by molar-refractivity contribution is 6.66. The van der Waals surface area contributed by atoms with Gasteiger partial charge in [0.15, 0.2) is 0 Å². The van der Waals surface area contributed by atoms with Crippen LogP contribution in [0.15, 0.2) is 6.07 Å². The number of hydrogen-bond acceptors (Lipinski definition) is 3. The molecule has 6 heteroatoms. The lowest BCUT2D eigenvalue weighted by Crippen LogP contribution is -2.08. The topological polar surface area (TPSA) is 37.8 Å². The van der Waals surface area contributed by atoms with Crippen molar-refractivity contribution in [1.82, 2.24) is 9.97 Å². The summed E-state index contributed by atoms with van der Waals surface area (Å²) in [7, 11) is 1.71. The van der Waals surface area contributed by atoms with Crippen LogP contribution >= 0.6 is 34.8 Å². The fourth-order valence-electron chi connectivity index (χ4n) is 0.826. The molecule has 0 radical (unpaired) electrons. The number of aryl methyl sites for hydroxylation is 1. The Balaban J connectivity index is 3.16. The van der Waals surface area contributed by atoms with Crippen molar-refractivity contribution in [3.8, 4) is 0 Å². The Morgan fingerprint density at radius 2 is 1.92 bits per heavy atom. The Labute approximate surface area is 91.4 Å². The van der Waals surface area contributed by atoms with Gasteiger partial charge in [-0.05, 0) is 13.0 Å². The van der Waals surface area contributed by atoms with Gasteiger partial charge in [0.1, 0.15) is 0 Å². The van der Waals surface area contributed by atoms with Crippen LogP contribution < -0.4 is 5.32 Å². The van der Waals surface area contributed by atoms with Gasteiger partial charge in [0.25, 0.3) is 0 Å². The maximum Gasteiger partial charge on any atom is 0.232 e. The smallest absolute Gasteiger partial charge is 0.232 e. The first-order valence-corrected chi connectivity index (χ1v) is 4.67. The van der Waals surface area contributed by atoms with E-state index in [0.29, 0.717) is 11.6 Å². The van der Waals surface area contributed by atoms with Crippen molar-refractivity contribution in [2.24, 2.45) is 0 Å². The summed E-state index contributed by atoms with van der Waals surface area (Å²) in [6.07, 6.45) is 0. The molecule has 1 N–H and O–H groups in total. The Hall–Kier alpha value is -0.250. The van der Waals surface area contributed by atoms with Crippen LogP contribution in [0.1, 0.15) is 11.4 Å². The van der Waals surface area contributed by atoms with E-state index in [-0.39, 0.29) is 0 Å². The van der Waals surface area contributed by atoms with Crippen molar-refractivity contribution in [3.05, 3.63) is 17.5 Å². The van der Waals surface area contributed by atoms with Crippen molar-refractivity contribution >= 4 is 40.8 Å². The van der Waals surface area contributed by atoms with E-state index in [4.69, 9.17) is 34.8 Å². The van der Waals surface area contributed by atoms with E-state index in [9.17, 15) is 0 Å². The zero-order chi connectivity index (χ0) is 10.1. The molecule has 1 rings (SSSR count). The minimum Gasteiger partial charge on any atom is -0.357 e. The van der Waals surface area contributed by atoms with Crippen molar-refractivity contribution in [1.29, 1.82) is 0 Å². The summed E-state index contributed by atoms with van der Waals surface area (Å²) >= 11 is 17.0. The molecule has 0 aromatic carbocycles. The van der Waals surface area contributed by atoms with Gasteiger partial charge in [-0.3, -0.25) is 0 Å². The van der Waals surface area contributed by atoms with Gasteiger partial charge in [-0.25, -0.2) is 9.97 Å². The third-order valence-electron chi connectivity index (χ3n) is 1.37. The number of halogens is 3. The molecule has 0 atom stereocenters. The highest BCUT2D eigenvalue weighted by atomic mass is 35.6. The lowest BCUT2D eigenvalue weighted by atomic mass is 10.3. The molecule has 1 heterocycles. The number of aromatic nitrogens is 2. The SMILES string of the molecule is CNc1nc(C)cc(C(Cl)(Cl)Cl)n1. The summed E-state index contributed by atoms with van der Waals surface area (Å²) in [6, 6.07) is 1.63. The Kier molecular flexibility index (Phi) is 3.22. The Morgan fingerprint density at radius 1 is 1.31 bits per heavy atom. The largest absolute Gasteiger partial charge is 0.357 e. The van der Waals surface area contributed by atoms with Crippen LogP contribution in [0.25, 0.3) is 0 Å². The molecule has 0 aliphatic carbocycles. The first-order valence-electron chi connectivity index (χ1n) is 3.54. The van der Waals surface area contributed by atoms with Gasteiger partial charge in [-0.2, -0.15) is 0 Å². The first kappa shape index (κ1) is 10.8. The van der Waals surface area contributed by atoms with E-state index >= 15 is 0 Å². The fourth-order valence-corrected chi connectivity index (χ4v) is 1.12. The first-order chi connectivity index (χ1) is 5.93. The summed E-state index contributed by atoms with van der Waals surface area (Å²) in [5, 5.41) is 2.78. The summed E-state index contributed by atoms with van der Waals surface area (Å²) < 4.78 is -1.50. The van der Waals surface area contributed by atoms with Crippen molar-refractivity contribution in [3.63, 3.8) is 0 Å². The molecule has 0 fully saturated rings. The number of anilines is 1. The van der Waals surface area contributed by atoms with Crippen LogP contribution in [-0.4, -0.2) is 17.0 Å². The molecule has 1 aromatic heterocycles. The minimum atomic E-state index is -1.50. The van der Waals surface area contributed by atoms with Crippen LogP contribution in [-0.2, 0) is 3.79 Å². The molecule has 13 heavy (non-hydrogen) atoms. The number of nitrogens with zero attached hydrogens (tertiary/aromatic N) is 2. The molecule has 0 saturated heterocycles. The molecule has 72 valence electrons. The van der Waals surface area contributed by atoms with Crippen LogP contribution in [0.3, 0.4) is 0 Å². The summed E-state index contributed by atoms with van der Waals surface area (Å²) in [5.74, 6) is 0.446. The van der Waals surface area contributed by atoms with E-state index in [1.54, 1.807) is 13.1 Å². The number of rotatable bonds is 1. The lowest BCUT2D eigenvalue weighted by molar-refractivity contribution is 1.00. The summed E-state index contributed by atoms with van der Waals surface area (Å²) in [6.45, 7) is 1.81. The van der Waals surface area contributed by atoms with Crippen molar-refractivity contribution in [2.75, 3.05) is 12.4 Å². The summed E-state index contributed by atoms with van der Waals surface area (Å²) in [4.78, 5) is 8.07. The molecule has 0 unspecified atom stereocenters. The predicted octanol–water partition coefficient (Wildman–Crippen LogP) is 2.65. The Morgan fingerprint density at radius 3 is 2.38 bits per heavy atom. The number of nitrogens with one attached hydrogen (secondary N) is 1. The molecule has 0 spiro atoms. The van der Waals surface area contributed by atoms with E-state index in [1.807, 2.05) is 6.92 Å². The quantitative estimate of drug-likeness (QED) is 0.767. The standard InChI is InChI=1S/C7H8Cl3N3/c1-4-3-5(7(8,9)10)13-6(11-2)12-4/h3H,1-2H3,(H,11,12,13). The maximum atomic E-state index is 5.67. The normalized spacial score (nSPS) is 11.5. The Bertz CT molecular complexity index is 308. The molecular formula is C7H8Cl3N3. The van der Waals surface area contributed by atoms with Crippen molar-refractivity contribution < 1.29 is 0 Å². The van der Waals surface area contributed by atoms with E-state index < -0.39 is 3.79 Å². The van der Waals surface area contributed by atoms with Gasteiger partial charge < -0.3 is 5.32 Å². The van der Waals surface area contributed by atoms with Gasteiger partial charge in [0.2, 0.25) is 9.74 Å². The average molecular weight is 241 g/mol. The van der Waals surface area contributed by atoms with Gasteiger partial charge in [0, 0.05) is 12.7 Å². The van der Waals surface area contributed by atoms with Crippen LogP contribution in [0, 0.1) is 6.92 Å². The molecule has 0 amide bonds. The monoisotopic (exact) mass is 239 g/mol. The van der Waals surface area contributed by atoms with Crippen LogP contribution in [0.2, 0.25) is 0 Å². The lowest BCUT2D eigenvalue weighted by Gasteiger charge is -2.11. The highest BCUT2D eigenvalue weighted by Gasteiger charge is 2.25. The third kappa shape index (κ3) is 2.86. The molecule has 0 aliphatic heterocycles. The van der Waals surface area contributed by atoms with Crippen LogP contribution in [0.5, 0.6) is 0 Å². The van der Waals surface area contributed by atoms with E-state index in [1.165, 1.54) is 0 Å². The zero-order valence-corrected chi connectivity index (χ0v) is 9.37. The van der Waals surface area contributed by atoms with E-state index in [0.717, 1.165) is 5.69 Å². The molecular weight excluding hydrogens is 232 g/mol. The van der Waals surface area contributed by atoms with Gasteiger partial charge in [-0.1, -0.05) is 34.8 Å². The predicted molar refractivity (Wildman–Crippen MR) is 55.6 cm³/mol. The maximum absolute atomic E-state index is 5.67. The average Bonchev–Trinajstić information content (AvgIpc) is 2.01. The van der Waals surface area contributed by atoms with Crippen LogP contribution in [0.4, 0.5) is 5.95 Å². The minimum absolute atomic E-state index is 0.370. The molecule has 0 bridgehead atoms. The highest BCUT2D eigenvalue weighted by Crippen LogP contribution is 2.37. The fraction of sp³-hybridized carbons (Fsp3) is 0.429. The number of hydrogen-bond donors (Lipinski definition) is 1. The number of alkyl halides is 3. The van der Waals surface area contributed by atoms with Crippen molar-refractivity contribution in [2.45, 2.75) is 10.7 Å². The second kappa shape index (κ2) is 3.86. The second-order valence-corrected chi connectivity index (χ2v) is 4.75. The van der Waals surface area contributed by atoms with Gasteiger partial charge in [-0.15, -0.1) is 0 Å². The second-order valence-electron chi connectivity index (χ2n) is 2.47. The molecule has 0 aliphatic rings. The van der Waals surface area contributed by atoms with Gasteiger partial charge in [0.05, 0.1) is 5.69 Å². The van der Waals surface area contributed by atoms with Gasteiger partial charge >= 0.3 is 0 Å². The summed E-state index contributed by atoms with van der Waals surface area (Å²) in [5.41, 5.74) is 1.12. The molecule has 1 aromatic rings. The molecule has 0 saturated carbocycles. The molecule has 3 nitrogen and oxygen atoms in total. The third-order valence-corrected chi connectivity index (χ3v) is 1.95.